The third kappa shape index (κ3) is 4.69. The van der Waals surface area contributed by atoms with Crippen LogP contribution in [-0.4, -0.2) is 41.2 Å². The molecule has 1 spiro atoms. The van der Waals surface area contributed by atoms with E-state index < -0.39 is 11.7 Å². The summed E-state index contributed by atoms with van der Waals surface area (Å²) in [4.78, 5) is 6.79. The Hall–Kier alpha value is -2.28. The number of phenolic OH excluding ortho intramolecular Hbond substituents is 1. The molecular weight excluding hydrogens is 487 g/mol. The molecule has 0 aliphatic heterocycles. The van der Waals surface area contributed by atoms with E-state index in [0.29, 0.717) is 11.8 Å². The first-order chi connectivity index (χ1) is 17.9. The maximum absolute atomic E-state index is 13.5. The Morgan fingerprint density at radius 3 is 2.55 bits per heavy atom. The average Bonchev–Trinajstić information content (AvgIpc) is 3.54. The van der Waals surface area contributed by atoms with Crippen molar-refractivity contribution in [3.63, 3.8) is 0 Å². The number of benzene rings is 1. The minimum atomic E-state index is -4.41. The first-order valence-corrected chi connectivity index (χ1v) is 14.2. The molecule has 1 aromatic carbocycles. The maximum atomic E-state index is 13.5. The standard InChI is InChI=1S/C31H42F3N3O/c1-6-26(36-27-14-22(11-12-35-27)31(32,33)34)28-19(2)16-29(3,4)30(28)23(18-37(5)17-20-7-8-20)13-21-9-10-24(38)15-25(21)30/h9-12,14-15,19-20,23,26,28,38H,6-8,13,16-18H2,1-5H3,(H,35,36)/t19-,23?,26?,28?,30?/m0/s1. The van der Waals surface area contributed by atoms with Gasteiger partial charge < -0.3 is 15.3 Å². The molecule has 0 amide bonds. The third-order valence-corrected chi connectivity index (χ3v) is 9.83. The van der Waals surface area contributed by atoms with Crippen LogP contribution >= 0.6 is 0 Å². The molecule has 2 fully saturated rings. The predicted molar refractivity (Wildman–Crippen MR) is 145 cm³/mol. The smallest absolute Gasteiger partial charge is 0.416 e. The Labute approximate surface area is 225 Å². The van der Waals surface area contributed by atoms with Gasteiger partial charge in [-0.15, -0.1) is 0 Å². The second kappa shape index (κ2) is 9.72. The zero-order chi connectivity index (χ0) is 27.5. The summed E-state index contributed by atoms with van der Waals surface area (Å²) >= 11 is 0. The van der Waals surface area contributed by atoms with Gasteiger partial charge in [0.05, 0.1) is 5.56 Å². The fraction of sp³-hybridized carbons (Fsp3) is 0.645. The molecular formula is C31H42F3N3O. The zero-order valence-electron chi connectivity index (χ0n) is 23.3. The molecule has 4 nitrogen and oxygen atoms in total. The van der Waals surface area contributed by atoms with Crippen molar-refractivity contribution in [3.05, 3.63) is 53.2 Å². The van der Waals surface area contributed by atoms with E-state index >= 15 is 0 Å². The van der Waals surface area contributed by atoms with Crippen LogP contribution < -0.4 is 5.32 Å². The van der Waals surface area contributed by atoms with Crippen LogP contribution in [0.3, 0.4) is 0 Å². The van der Waals surface area contributed by atoms with E-state index in [1.807, 2.05) is 6.07 Å². The molecule has 3 aliphatic rings. The van der Waals surface area contributed by atoms with Crippen LogP contribution in [0.5, 0.6) is 5.75 Å². The van der Waals surface area contributed by atoms with Crippen molar-refractivity contribution < 1.29 is 18.3 Å². The molecule has 208 valence electrons. The Morgan fingerprint density at radius 1 is 1.16 bits per heavy atom. The lowest BCUT2D eigenvalue weighted by atomic mass is 9.54. The fourth-order valence-corrected chi connectivity index (χ4v) is 8.58. The molecule has 2 aromatic rings. The molecule has 5 rings (SSSR count). The molecule has 2 N–H and O–H groups in total. The van der Waals surface area contributed by atoms with E-state index in [1.165, 1.54) is 30.2 Å². The van der Waals surface area contributed by atoms with E-state index in [2.05, 4.69) is 56.0 Å². The topological polar surface area (TPSA) is 48.4 Å². The van der Waals surface area contributed by atoms with Crippen LogP contribution in [0.25, 0.3) is 0 Å². The van der Waals surface area contributed by atoms with Gasteiger partial charge in [-0.2, -0.15) is 13.2 Å². The first-order valence-electron chi connectivity index (χ1n) is 14.2. The number of anilines is 1. The van der Waals surface area contributed by atoms with Gasteiger partial charge in [-0.1, -0.05) is 33.8 Å². The molecule has 4 unspecified atom stereocenters. The van der Waals surface area contributed by atoms with Crippen LogP contribution in [0.2, 0.25) is 0 Å². The largest absolute Gasteiger partial charge is 0.508 e. The highest BCUT2D eigenvalue weighted by molar-refractivity contribution is 5.50. The van der Waals surface area contributed by atoms with Crippen LogP contribution in [-0.2, 0) is 18.0 Å². The van der Waals surface area contributed by atoms with E-state index in [0.717, 1.165) is 50.4 Å². The Bertz CT molecular complexity index is 1160. The summed E-state index contributed by atoms with van der Waals surface area (Å²) in [6.45, 7) is 11.2. The minimum Gasteiger partial charge on any atom is -0.508 e. The van der Waals surface area contributed by atoms with Crippen LogP contribution in [0.4, 0.5) is 19.0 Å². The highest BCUT2D eigenvalue weighted by atomic mass is 19.4. The zero-order valence-corrected chi connectivity index (χ0v) is 23.3. The molecule has 7 heteroatoms. The van der Waals surface area contributed by atoms with Crippen molar-refractivity contribution in [2.24, 2.45) is 29.1 Å². The van der Waals surface area contributed by atoms with Crippen molar-refractivity contribution >= 4 is 5.82 Å². The SMILES string of the molecule is CCC(Nc1cc(C(F)(F)F)ccn1)C1[C@@H](C)CC(C)(C)C12c1cc(O)ccc1CC2CN(C)CC1CC1. The average molecular weight is 530 g/mol. The van der Waals surface area contributed by atoms with E-state index in [9.17, 15) is 18.3 Å². The molecule has 0 radical (unpaired) electrons. The number of rotatable bonds is 8. The fourth-order valence-electron chi connectivity index (χ4n) is 8.58. The molecule has 1 aromatic heterocycles. The predicted octanol–water partition coefficient (Wildman–Crippen LogP) is 7.13. The monoisotopic (exact) mass is 529 g/mol. The lowest BCUT2D eigenvalue weighted by Crippen LogP contribution is -2.54. The Kier molecular flexibility index (Phi) is 6.98. The summed E-state index contributed by atoms with van der Waals surface area (Å²) in [5, 5.41) is 14.1. The summed E-state index contributed by atoms with van der Waals surface area (Å²) < 4.78 is 40.4. The number of aromatic hydroxyl groups is 1. The quantitative estimate of drug-likeness (QED) is 0.382. The molecule has 3 aliphatic carbocycles. The van der Waals surface area contributed by atoms with Crippen LogP contribution in [0.1, 0.15) is 70.1 Å². The number of halogens is 3. The number of nitrogens with one attached hydrogen (secondary N) is 1. The lowest BCUT2D eigenvalue weighted by Gasteiger charge is -2.51. The van der Waals surface area contributed by atoms with Gasteiger partial charge in [-0.05, 0) is 104 Å². The van der Waals surface area contributed by atoms with Crippen LogP contribution in [0.15, 0.2) is 36.5 Å². The van der Waals surface area contributed by atoms with Gasteiger partial charge in [0, 0.05) is 30.7 Å². The summed E-state index contributed by atoms with van der Waals surface area (Å²) in [7, 11) is 2.23. The summed E-state index contributed by atoms with van der Waals surface area (Å²) in [5.74, 6) is 2.21. The molecule has 1 heterocycles. The molecule has 0 saturated heterocycles. The minimum absolute atomic E-state index is 0.0580. The number of fused-ring (bicyclic) bond motifs is 2. The normalized spacial score (nSPS) is 29.1. The van der Waals surface area contributed by atoms with Gasteiger partial charge in [0.1, 0.15) is 11.6 Å². The van der Waals surface area contributed by atoms with Crippen molar-refractivity contribution in [2.75, 3.05) is 25.5 Å². The van der Waals surface area contributed by atoms with E-state index in [-0.39, 0.29) is 34.4 Å². The van der Waals surface area contributed by atoms with Gasteiger partial charge in [-0.25, -0.2) is 4.98 Å². The summed E-state index contributed by atoms with van der Waals surface area (Å²) in [6.07, 6.45) is 2.19. The van der Waals surface area contributed by atoms with Gasteiger partial charge in [-0.3, -0.25) is 0 Å². The van der Waals surface area contributed by atoms with Gasteiger partial charge >= 0.3 is 6.18 Å². The Morgan fingerprint density at radius 2 is 1.89 bits per heavy atom. The second-order valence-corrected chi connectivity index (χ2v) is 13.0. The van der Waals surface area contributed by atoms with Crippen LogP contribution in [0, 0.1) is 29.1 Å². The van der Waals surface area contributed by atoms with E-state index in [1.54, 1.807) is 6.07 Å². The van der Waals surface area contributed by atoms with E-state index in [4.69, 9.17) is 0 Å². The van der Waals surface area contributed by atoms with Gasteiger partial charge in [0.2, 0.25) is 0 Å². The first kappa shape index (κ1) is 27.3. The number of hydrogen-bond donors (Lipinski definition) is 2. The number of phenols is 1. The molecule has 38 heavy (non-hydrogen) atoms. The van der Waals surface area contributed by atoms with Crippen molar-refractivity contribution in [2.45, 2.75) is 77.4 Å². The molecule has 0 bridgehead atoms. The third-order valence-electron chi connectivity index (χ3n) is 9.83. The second-order valence-electron chi connectivity index (χ2n) is 13.0. The molecule has 2 saturated carbocycles. The van der Waals surface area contributed by atoms with Gasteiger partial charge in [0.15, 0.2) is 0 Å². The van der Waals surface area contributed by atoms with Crippen molar-refractivity contribution in [1.29, 1.82) is 0 Å². The lowest BCUT2D eigenvalue weighted by molar-refractivity contribution is -0.137. The summed E-state index contributed by atoms with van der Waals surface area (Å²) in [5.41, 5.74) is 1.56. The molecule has 5 atom stereocenters. The van der Waals surface area contributed by atoms with Gasteiger partial charge in [0.25, 0.3) is 0 Å². The van der Waals surface area contributed by atoms with Crippen molar-refractivity contribution in [1.82, 2.24) is 9.88 Å². The maximum Gasteiger partial charge on any atom is 0.416 e. The van der Waals surface area contributed by atoms with Crippen molar-refractivity contribution in [3.8, 4) is 5.75 Å². The number of alkyl halides is 3. The number of pyridine rings is 1. The number of hydrogen-bond acceptors (Lipinski definition) is 4. The highest BCUT2D eigenvalue weighted by Crippen LogP contribution is 2.68. The Balaban J connectivity index is 1.58. The summed E-state index contributed by atoms with van der Waals surface area (Å²) in [6, 6.07) is 7.97. The highest BCUT2D eigenvalue weighted by Gasteiger charge is 2.66. The number of aromatic nitrogens is 1. The number of nitrogens with zero attached hydrogens (tertiary/aromatic N) is 2.